The van der Waals surface area contributed by atoms with E-state index in [9.17, 15) is 19.5 Å². The molecule has 39 heavy (non-hydrogen) atoms. The molecule has 0 radical (unpaired) electrons. The van der Waals surface area contributed by atoms with E-state index in [4.69, 9.17) is 9.47 Å². The second kappa shape index (κ2) is 12.0. The topological polar surface area (TPSA) is 118 Å². The van der Waals surface area contributed by atoms with Gasteiger partial charge >= 0.3 is 12.1 Å². The van der Waals surface area contributed by atoms with Crippen LogP contribution in [0.1, 0.15) is 60.0 Å². The average Bonchev–Trinajstić information content (AvgIpc) is 2.91. The summed E-state index contributed by atoms with van der Waals surface area (Å²) in [6, 6.07) is 18.0. The average molecular weight is 532 g/mol. The molecule has 2 aromatic carbocycles. The predicted molar refractivity (Wildman–Crippen MR) is 146 cm³/mol. The second-order valence-electron chi connectivity index (χ2n) is 10.4. The number of benzene rings is 2. The molecule has 1 aliphatic rings. The summed E-state index contributed by atoms with van der Waals surface area (Å²) >= 11 is 0. The van der Waals surface area contributed by atoms with Gasteiger partial charge in [-0.25, -0.2) is 14.6 Å². The zero-order chi connectivity index (χ0) is 28.0. The zero-order valence-corrected chi connectivity index (χ0v) is 22.3. The summed E-state index contributed by atoms with van der Waals surface area (Å²) in [4.78, 5) is 42.7. The monoisotopic (exact) mass is 531 g/mol. The van der Waals surface area contributed by atoms with Gasteiger partial charge in [0.2, 0.25) is 0 Å². The van der Waals surface area contributed by atoms with Gasteiger partial charge in [0.1, 0.15) is 12.2 Å². The largest absolute Gasteiger partial charge is 0.486 e. The fourth-order valence-electron chi connectivity index (χ4n) is 4.31. The van der Waals surface area contributed by atoms with Crippen molar-refractivity contribution in [3.05, 3.63) is 83.7 Å². The van der Waals surface area contributed by atoms with Crippen LogP contribution < -0.4 is 10.1 Å². The molecular weight excluding hydrogens is 498 g/mol. The van der Waals surface area contributed by atoms with Gasteiger partial charge in [0, 0.05) is 36.5 Å². The summed E-state index contributed by atoms with van der Waals surface area (Å²) in [7, 11) is 0. The highest BCUT2D eigenvalue weighted by molar-refractivity contribution is 5.95. The standard InChI is InChI=1S/C30H33N3O6/c1-30(2,3)39-29(37)33-17-14-23(15-18-33)32-27(34)22-11-9-21(10-12-22)24-13-16-31-25(28(35)36)26(24)38-19-20-7-5-4-6-8-20/h4-13,16,23H,14-15,17-19H2,1-3H3,(H,32,34)(H,35,36). The molecule has 0 bridgehead atoms. The molecule has 1 fully saturated rings. The zero-order valence-electron chi connectivity index (χ0n) is 22.3. The number of pyridine rings is 1. The quantitative estimate of drug-likeness (QED) is 0.433. The minimum atomic E-state index is -1.19. The first-order chi connectivity index (χ1) is 18.6. The van der Waals surface area contributed by atoms with Crippen molar-refractivity contribution in [1.82, 2.24) is 15.2 Å². The molecule has 2 heterocycles. The van der Waals surface area contributed by atoms with Crippen molar-refractivity contribution < 1.29 is 29.0 Å². The maximum atomic E-state index is 12.9. The van der Waals surface area contributed by atoms with Crippen LogP contribution in [0.3, 0.4) is 0 Å². The van der Waals surface area contributed by atoms with Crippen molar-refractivity contribution in [3.8, 4) is 16.9 Å². The lowest BCUT2D eigenvalue weighted by atomic mass is 10.0. The van der Waals surface area contributed by atoms with Gasteiger partial charge in [-0.05, 0) is 62.9 Å². The first kappa shape index (κ1) is 27.6. The van der Waals surface area contributed by atoms with Crippen molar-refractivity contribution >= 4 is 18.0 Å². The van der Waals surface area contributed by atoms with Gasteiger partial charge in [0.15, 0.2) is 11.4 Å². The summed E-state index contributed by atoms with van der Waals surface area (Å²) in [6.45, 7) is 6.72. The number of carbonyl (C=O) groups is 3. The number of piperidine rings is 1. The summed E-state index contributed by atoms with van der Waals surface area (Å²) in [5.74, 6) is -1.23. The number of amides is 2. The number of nitrogens with one attached hydrogen (secondary N) is 1. The highest BCUT2D eigenvalue weighted by atomic mass is 16.6. The number of hydrogen-bond donors (Lipinski definition) is 2. The number of nitrogens with zero attached hydrogens (tertiary/aromatic N) is 2. The first-order valence-electron chi connectivity index (χ1n) is 12.9. The lowest BCUT2D eigenvalue weighted by molar-refractivity contribution is 0.0199. The number of aromatic carboxylic acids is 1. The van der Waals surface area contributed by atoms with E-state index in [2.05, 4.69) is 10.3 Å². The Labute approximate surface area is 227 Å². The van der Waals surface area contributed by atoms with E-state index in [1.54, 1.807) is 35.2 Å². The molecular formula is C30H33N3O6. The van der Waals surface area contributed by atoms with E-state index < -0.39 is 11.6 Å². The smallest absolute Gasteiger partial charge is 0.410 e. The Bertz CT molecular complexity index is 1310. The molecule has 1 aromatic heterocycles. The van der Waals surface area contributed by atoms with E-state index in [1.807, 2.05) is 51.1 Å². The van der Waals surface area contributed by atoms with Crippen LogP contribution in [0, 0.1) is 0 Å². The van der Waals surface area contributed by atoms with Crippen molar-refractivity contribution in [2.24, 2.45) is 0 Å². The Kier molecular flexibility index (Phi) is 8.49. The highest BCUT2D eigenvalue weighted by Crippen LogP contribution is 2.33. The molecule has 2 amide bonds. The van der Waals surface area contributed by atoms with Crippen LogP contribution in [0.2, 0.25) is 0 Å². The maximum Gasteiger partial charge on any atom is 0.410 e. The van der Waals surface area contributed by atoms with E-state index in [0.717, 1.165) is 5.56 Å². The Balaban J connectivity index is 1.41. The molecule has 1 saturated heterocycles. The number of carbonyl (C=O) groups excluding carboxylic acids is 2. The maximum absolute atomic E-state index is 12.9. The van der Waals surface area contributed by atoms with Crippen molar-refractivity contribution in [2.75, 3.05) is 13.1 Å². The SMILES string of the molecule is CC(C)(C)OC(=O)N1CCC(NC(=O)c2ccc(-c3ccnc(C(=O)O)c3OCc3ccccc3)cc2)CC1. The highest BCUT2D eigenvalue weighted by Gasteiger charge is 2.27. The van der Waals surface area contributed by atoms with Gasteiger partial charge in [0.05, 0.1) is 0 Å². The third-order valence-corrected chi connectivity index (χ3v) is 6.27. The van der Waals surface area contributed by atoms with E-state index in [-0.39, 0.29) is 36.1 Å². The Morgan fingerprint density at radius 2 is 1.67 bits per heavy atom. The number of likely N-dealkylation sites (tertiary alicyclic amines) is 1. The molecule has 0 aliphatic carbocycles. The van der Waals surface area contributed by atoms with Crippen LogP contribution in [0.25, 0.3) is 11.1 Å². The van der Waals surface area contributed by atoms with E-state index in [1.165, 1.54) is 6.20 Å². The van der Waals surface area contributed by atoms with Gasteiger partial charge in [-0.3, -0.25) is 4.79 Å². The lowest BCUT2D eigenvalue weighted by Crippen LogP contribution is -2.47. The molecule has 9 heteroatoms. The summed E-state index contributed by atoms with van der Waals surface area (Å²) < 4.78 is 11.4. The van der Waals surface area contributed by atoms with Crippen LogP contribution in [-0.2, 0) is 11.3 Å². The van der Waals surface area contributed by atoms with Crippen LogP contribution in [-0.4, -0.2) is 57.7 Å². The van der Waals surface area contributed by atoms with Gasteiger partial charge in [0.25, 0.3) is 5.91 Å². The Hall–Kier alpha value is -4.40. The van der Waals surface area contributed by atoms with E-state index in [0.29, 0.717) is 42.6 Å². The molecule has 9 nitrogen and oxygen atoms in total. The molecule has 0 spiro atoms. The van der Waals surface area contributed by atoms with Crippen molar-refractivity contribution in [3.63, 3.8) is 0 Å². The minimum Gasteiger partial charge on any atom is -0.486 e. The first-order valence-corrected chi connectivity index (χ1v) is 12.9. The number of carboxylic acids is 1. The van der Waals surface area contributed by atoms with Gasteiger partial charge < -0.3 is 24.8 Å². The van der Waals surface area contributed by atoms with Gasteiger partial charge in [-0.1, -0.05) is 42.5 Å². The Morgan fingerprint density at radius 1 is 1.00 bits per heavy atom. The Morgan fingerprint density at radius 3 is 2.28 bits per heavy atom. The molecule has 0 unspecified atom stereocenters. The molecule has 2 N–H and O–H groups in total. The summed E-state index contributed by atoms with van der Waals surface area (Å²) in [5.41, 5.74) is 1.92. The number of carboxylic acid groups (broad SMARTS) is 1. The molecule has 0 atom stereocenters. The lowest BCUT2D eigenvalue weighted by Gasteiger charge is -2.33. The van der Waals surface area contributed by atoms with Gasteiger partial charge in [-0.2, -0.15) is 0 Å². The van der Waals surface area contributed by atoms with Crippen LogP contribution in [0.4, 0.5) is 4.79 Å². The van der Waals surface area contributed by atoms with Crippen molar-refractivity contribution in [1.29, 1.82) is 0 Å². The predicted octanol–water partition coefficient (Wildman–Crippen LogP) is 5.16. The number of hydrogen-bond acceptors (Lipinski definition) is 6. The molecule has 3 aromatic rings. The second-order valence-corrected chi connectivity index (χ2v) is 10.4. The molecule has 0 saturated carbocycles. The van der Waals surface area contributed by atoms with E-state index >= 15 is 0 Å². The minimum absolute atomic E-state index is 0.0489. The molecule has 204 valence electrons. The summed E-state index contributed by atoms with van der Waals surface area (Å²) in [5, 5.41) is 12.7. The molecule has 4 rings (SSSR count). The third kappa shape index (κ3) is 7.34. The number of rotatable bonds is 7. The van der Waals surface area contributed by atoms with Gasteiger partial charge in [-0.15, -0.1) is 0 Å². The molecule has 1 aliphatic heterocycles. The van der Waals surface area contributed by atoms with Crippen LogP contribution in [0.15, 0.2) is 66.9 Å². The number of ether oxygens (including phenoxy) is 2. The number of aromatic nitrogens is 1. The third-order valence-electron chi connectivity index (χ3n) is 6.27. The normalized spacial score (nSPS) is 14.0. The summed E-state index contributed by atoms with van der Waals surface area (Å²) in [6.07, 6.45) is 2.37. The fourth-order valence-corrected chi connectivity index (χ4v) is 4.31. The van der Waals surface area contributed by atoms with Crippen LogP contribution in [0.5, 0.6) is 5.75 Å². The van der Waals surface area contributed by atoms with Crippen LogP contribution >= 0.6 is 0 Å². The fraction of sp³-hybridized carbons (Fsp3) is 0.333. The van der Waals surface area contributed by atoms with Crippen molar-refractivity contribution in [2.45, 2.75) is 51.9 Å².